The van der Waals surface area contributed by atoms with Gasteiger partial charge in [-0.2, -0.15) is 0 Å². The summed E-state index contributed by atoms with van der Waals surface area (Å²) in [6.45, 7) is 11.7. The van der Waals surface area contributed by atoms with E-state index in [2.05, 4.69) is 41.2 Å². The summed E-state index contributed by atoms with van der Waals surface area (Å²) in [5.41, 5.74) is 2.19. The number of ether oxygens (including phenoxy) is 4. The Labute approximate surface area is 188 Å². The van der Waals surface area contributed by atoms with Crippen LogP contribution < -0.4 is 4.74 Å². The number of morpholine rings is 1. The zero-order valence-corrected chi connectivity index (χ0v) is 18.5. The zero-order chi connectivity index (χ0) is 22.3. The molecule has 0 amide bonds. The Hall–Kier alpha value is -3.22. The molecule has 1 atom stereocenters. The van der Waals surface area contributed by atoms with E-state index in [0.29, 0.717) is 31.3 Å². The number of methoxy groups -OCH3 is 1. The lowest BCUT2D eigenvalue weighted by Crippen LogP contribution is -2.46. The van der Waals surface area contributed by atoms with Crippen LogP contribution in [0.25, 0.3) is 21.8 Å². The molecule has 1 saturated heterocycles. The number of allylic oxidation sites excluding steroid dienone is 2. The number of nitrogens with zero attached hydrogens (tertiary/aromatic N) is 1. The van der Waals surface area contributed by atoms with Crippen molar-refractivity contribution in [2.24, 2.45) is 0 Å². The van der Waals surface area contributed by atoms with E-state index in [1.165, 1.54) is 5.39 Å². The number of aromatic amines is 1. The van der Waals surface area contributed by atoms with Crippen molar-refractivity contribution in [2.75, 3.05) is 46.6 Å². The van der Waals surface area contributed by atoms with Crippen LogP contribution in [0.2, 0.25) is 0 Å². The molecule has 0 radical (unpaired) electrons. The van der Waals surface area contributed by atoms with E-state index in [4.69, 9.17) is 18.9 Å². The highest BCUT2D eigenvalue weighted by molar-refractivity contribution is 6.10. The minimum Gasteiger partial charge on any atom is -0.493 e. The standard InChI is InChI=1S/C26H30N2O4/c1-4-23(29-3)24(5-2)31-16-14-28-13-15-30-19(17-28)18-32-25-12-8-11-22-26(25)20-9-6-7-10-21(20)27-22/h4-12,19,27H,1-2,13-18H2,3H3/b24-23-. The van der Waals surface area contributed by atoms with Crippen molar-refractivity contribution in [1.82, 2.24) is 9.88 Å². The molecule has 0 saturated carbocycles. The molecule has 0 bridgehead atoms. The monoisotopic (exact) mass is 434 g/mol. The van der Waals surface area contributed by atoms with Gasteiger partial charge >= 0.3 is 0 Å². The molecule has 2 heterocycles. The van der Waals surface area contributed by atoms with Gasteiger partial charge in [0.05, 0.1) is 19.2 Å². The molecular formula is C26H30N2O4. The first-order valence-electron chi connectivity index (χ1n) is 10.9. The van der Waals surface area contributed by atoms with Crippen LogP contribution in [-0.4, -0.2) is 62.6 Å². The van der Waals surface area contributed by atoms with Gasteiger partial charge in [0.25, 0.3) is 0 Å². The van der Waals surface area contributed by atoms with Crippen molar-refractivity contribution in [3.05, 3.63) is 79.3 Å². The van der Waals surface area contributed by atoms with Crippen molar-refractivity contribution in [1.29, 1.82) is 0 Å². The summed E-state index contributed by atoms with van der Waals surface area (Å²) >= 11 is 0. The Bertz CT molecular complexity index is 1120. The molecule has 1 fully saturated rings. The maximum absolute atomic E-state index is 6.24. The quantitative estimate of drug-likeness (QED) is 0.372. The summed E-state index contributed by atoms with van der Waals surface area (Å²) in [7, 11) is 1.59. The third-order valence-corrected chi connectivity index (χ3v) is 5.64. The van der Waals surface area contributed by atoms with Gasteiger partial charge in [-0.25, -0.2) is 0 Å². The molecule has 168 valence electrons. The molecule has 2 aromatic carbocycles. The molecule has 6 heteroatoms. The fraction of sp³-hybridized carbons (Fsp3) is 0.308. The normalized spacial score (nSPS) is 17.7. The lowest BCUT2D eigenvalue weighted by Gasteiger charge is -2.32. The second kappa shape index (κ2) is 10.4. The van der Waals surface area contributed by atoms with E-state index in [1.807, 2.05) is 24.3 Å². The van der Waals surface area contributed by atoms with E-state index in [0.717, 1.165) is 41.8 Å². The zero-order valence-electron chi connectivity index (χ0n) is 18.5. The third kappa shape index (κ3) is 4.82. The molecule has 1 aliphatic heterocycles. The van der Waals surface area contributed by atoms with E-state index in [-0.39, 0.29) is 6.10 Å². The number of nitrogens with one attached hydrogen (secondary N) is 1. The van der Waals surface area contributed by atoms with Crippen LogP contribution in [0.1, 0.15) is 0 Å². The molecule has 0 spiro atoms. The number of aromatic nitrogens is 1. The van der Waals surface area contributed by atoms with Crippen LogP contribution >= 0.6 is 0 Å². The molecule has 6 nitrogen and oxygen atoms in total. The Balaban J connectivity index is 1.35. The van der Waals surface area contributed by atoms with Gasteiger partial charge in [-0.15, -0.1) is 0 Å². The summed E-state index contributed by atoms with van der Waals surface area (Å²) in [5.74, 6) is 2.06. The van der Waals surface area contributed by atoms with Gasteiger partial charge in [-0.05, 0) is 30.4 Å². The van der Waals surface area contributed by atoms with Crippen molar-refractivity contribution in [3.63, 3.8) is 0 Å². The third-order valence-electron chi connectivity index (χ3n) is 5.64. The minimum absolute atomic E-state index is 0.00124. The molecule has 1 aliphatic rings. The maximum Gasteiger partial charge on any atom is 0.160 e. The number of benzene rings is 2. The van der Waals surface area contributed by atoms with Crippen molar-refractivity contribution < 1.29 is 18.9 Å². The number of hydrogen-bond donors (Lipinski definition) is 1. The Morgan fingerprint density at radius 2 is 1.94 bits per heavy atom. The first-order valence-corrected chi connectivity index (χ1v) is 10.9. The molecule has 0 aliphatic carbocycles. The number of H-pyrrole nitrogens is 1. The number of hydrogen-bond acceptors (Lipinski definition) is 5. The first-order chi connectivity index (χ1) is 15.7. The van der Waals surface area contributed by atoms with Gasteiger partial charge in [-0.3, -0.25) is 4.90 Å². The molecular weight excluding hydrogens is 404 g/mol. The molecule has 32 heavy (non-hydrogen) atoms. The topological polar surface area (TPSA) is 56.0 Å². The fourth-order valence-corrected chi connectivity index (χ4v) is 4.06. The lowest BCUT2D eigenvalue weighted by molar-refractivity contribution is -0.0515. The van der Waals surface area contributed by atoms with Crippen LogP contribution in [0, 0.1) is 0 Å². The summed E-state index contributed by atoms with van der Waals surface area (Å²) in [6, 6.07) is 14.4. The van der Waals surface area contributed by atoms with E-state index < -0.39 is 0 Å². The minimum atomic E-state index is 0.00124. The molecule has 3 aromatic rings. The van der Waals surface area contributed by atoms with Gasteiger partial charge in [-0.1, -0.05) is 37.4 Å². The van der Waals surface area contributed by atoms with Crippen LogP contribution in [0.4, 0.5) is 0 Å². The Kier molecular flexibility index (Phi) is 7.14. The van der Waals surface area contributed by atoms with E-state index in [1.54, 1.807) is 19.3 Å². The van der Waals surface area contributed by atoms with Gasteiger partial charge in [0.1, 0.15) is 25.1 Å². The summed E-state index contributed by atoms with van der Waals surface area (Å²) in [4.78, 5) is 5.78. The predicted octanol–water partition coefficient (Wildman–Crippen LogP) is 4.65. The highest BCUT2D eigenvalue weighted by Crippen LogP contribution is 2.33. The van der Waals surface area contributed by atoms with Gasteiger partial charge in [0, 0.05) is 35.9 Å². The smallest absolute Gasteiger partial charge is 0.160 e. The number of rotatable bonds is 10. The fourth-order valence-electron chi connectivity index (χ4n) is 4.06. The second-order valence-electron chi connectivity index (χ2n) is 7.64. The van der Waals surface area contributed by atoms with Crippen LogP contribution in [0.5, 0.6) is 5.75 Å². The first kappa shape index (κ1) is 22.0. The van der Waals surface area contributed by atoms with Crippen molar-refractivity contribution >= 4 is 21.8 Å². The highest BCUT2D eigenvalue weighted by atomic mass is 16.5. The largest absolute Gasteiger partial charge is 0.493 e. The van der Waals surface area contributed by atoms with Crippen molar-refractivity contribution in [3.8, 4) is 5.75 Å². The molecule has 1 unspecified atom stereocenters. The maximum atomic E-state index is 6.24. The van der Waals surface area contributed by atoms with Crippen LogP contribution in [0.15, 0.2) is 79.3 Å². The SMILES string of the molecule is C=C/C(OC)=C(\C=C)OCCN1CCOC(COc2cccc3[nH]c4ccccc4c23)C1. The average molecular weight is 435 g/mol. The second-order valence-corrected chi connectivity index (χ2v) is 7.64. The number of fused-ring (bicyclic) bond motifs is 3. The molecule has 4 rings (SSSR count). The van der Waals surface area contributed by atoms with E-state index >= 15 is 0 Å². The average Bonchev–Trinajstić information content (AvgIpc) is 3.22. The van der Waals surface area contributed by atoms with Gasteiger partial charge < -0.3 is 23.9 Å². The molecule has 1 N–H and O–H groups in total. The molecule has 1 aromatic heterocycles. The summed E-state index contributed by atoms with van der Waals surface area (Å²) in [5, 5.41) is 2.28. The summed E-state index contributed by atoms with van der Waals surface area (Å²) in [6.07, 6.45) is 3.26. The van der Waals surface area contributed by atoms with Gasteiger partial charge in [0.15, 0.2) is 11.5 Å². The highest BCUT2D eigenvalue weighted by Gasteiger charge is 2.22. The Morgan fingerprint density at radius 3 is 2.75 bits per heavy atom. The van der Waals surface area contributed by atoms with E-state index in [9.17, 15) is 0 Å². The van der Waals surface area contributed by atoms with Crippen LogP contribution in [0.3, 0.4) is 0 Å². The Morgan fingerprint density at radius 1 is 1.12 bits per heavy atom. The lowest BCUT2D eigenvalue weighted by atomic mass is 10.1. The number of para-hydroxylation sites is 1. The van der Waals surface area contributed by atoms with Crippen LogP contribution in [-0.2, 0) is 14.2 Å². The summed E-state index contributed by atoms with van der Waals surface area (Å²) < 4.78 is 23.3. The van der Waals surface area contributed by atoms with Gasteiger partial charge in [0.2, 0.25) is 0 Å². The van der Waals surface area contributed by atoms with Crippen molar-refractivity contribution in [2.45, 2.75) is 6.10 Å². The predicted molar refractivity (Wildman–Crippen MR) is 128 cm³/mol.